The lowest BCUT2D eigenvalue weighted by atomic mass is 10.1. The summed E-state index contributed by atoms with van der Waals surface area (Å²) in [6.45, 7) is 5.27. The monoisotopic (exact) mass is 383 g/mol. The zero-order valence-electron chi connectivity index (χ0n) is 14.3. The van der Waals surface area contributed by atoms with Crippen LogP contribution in [0.2, 0.25) is 5.02 Å². The molecule has 2 heterocycles. The van der Waals surface area contributed by atoms with Gasteiger partial charge < -0.3 is 9.72 Å². The number of aromatic amines is 1. The molecule has 0 spiro atoms. The average molecular weight is 384 g/mol. The van der Waals surface area contributed by atoms with E-state index in [9.17, 15) is 18.4 Å². The van der Waals surface area contributed by atoms with E-state index in [4.69, 9.17) is 16.3 Å². The minimum atomic E-state index is -0.832. The highest BCUT2D eigenvalue weighted by Gasteiger charge is 2.31. The number of hydrogen-bond acceptors (Lipinski definition) is 4. The molecule has 0 saturated carbocycles. The van der Waals surface area contributed by atoms with Crippen LogP contribution in [-0.4, -0.2) is 26.6 Å². The van der Waals surface area contributed by atoms with E-state index >= 15 is 0 Å². The molecule has 0 radical (unpaired) electrons. The first kappa shape index (κ1) is 18.3. The van der Waals surface area contributed by atoms with E-state index in [0.717, 1.165) is 12.1 Å². The Balaban J connectivity index is 1.94. The Labute approximate surface area is 152 Å². The lowest BCUT2D eigenvalue weighted by molar-refractivity contribution is 0.0240. The van der Waals surface area contributed by atoms with Gasteiger partial charge >= 0.3 is 6.09 Å². The molecule has 1 aromatic heterocycles. The number of carbonyl (C=O) groups excluding carboxylic acids is 1. The van der Waals surface area contributed by atoms with Gasteiger partial charge in [-0.25, -0.2) is 18.6 Å². The van der Waals surface area contributed by atoms with E-state index in [2.05, 4.69) is 9.97 Å². The molecule has 1 amide bonds. The number of carbonyl (C=O) groups is 1. The number of halogens is 3. The second-order valence-electron chi connectivity index (χ2n) is 6.92. The number of aromatic nitrogens is 2. The zero-order chi connectivity index (χ0) is 19.2. The van der Waals surface area contributed by atoms with Gasteiger partial charge in [0.1, 0.15) is 23.1 Å². The second-order valence-corrected chi connectivity index (χ2v) is 7.33. The minimum Gasteiger partial charge on any atom is -0.444 e. The molecule has 26 heavy (non-hydrogen) atoms. The summed E-state index contributed by atoms with van der Waals surface area (Å²) in [6.07, 6.45) is -0.583. The van der Waals surface area contributed by atoms with E-state index in [1.54, 1.807) is 20.8 Å². The molecule has 138 valence electrons. The van der Waals surface area contributed by atoms with Crippen LogP contribution in [0.25, 0.3) is 11.4 Å². The summed E-state index contributed by atoms with van der Waals surface area (Å²) in [5, 5.41) is -0.370. The zero-order valence-corrected chi connectivity index (χ0v) is 15.1. The smallest absolute Gasteiger partial charge is 0.410 e. The van der Waals surface area contributed by atoms with Crippen LogP contribution in [0.4, 0.5) is 13.6 Å². The Morgan fingerprint density at radius 2 is 1.96 bits per heavy atom. The standard InChI is InChI=1S/C17H16ClF2N3O3/c1-17(2,3)26-16(25)23-6-9-13(7-23)21-14(22-15(9)24)8-4-12(20)10(18)5-11(8)19/h4-5H,6-7H2,1-3H3,(H,21,22,24). The summed E-state index contributed by atoms with van der Waals surface area (Å²) >= 11 is 5.54. The van der Waals surface area contributed by atoms with Gasteiger partial charge in [0, 0.05) is 0 Å². The molecule has 9 heteroatoms. The summed E-state index contributed by atoms with van der Waals surface area (Å²) in [4.78, 5) is 32.4. The first-order valence-electron chi connectivity index (χ1n) is 7.80. The van der Waals surface area contributed by atoms with Crippen LogP contribution in [0.1, 0.15) is 32.0 Å². The molecule has 1 aromatic carbocycles. The number of benzene rings is 1. The molecular weight excluding hydrogens is 368 g/mol. The highest BCUT2D eigenvalue weighted by Crippen LogP contribution is 2.27. The molecule has 0 unspecified atom stereocenters. The maximum Gasteiger partial charge on any atom is 0.410 e. The Morgan fingerprint density at radius 1 is 1.27 bits per heavy atom. The van der Waals surface area contributed by atoms with Crippen molar-refractivity contribution in [3.05, 3.63) is 50.4 Å². The molecule has 6 nitrogen and oxygen atoms in total. The van der Waals surface area contributed by atoms with Crippen molar-refractivity contribution in [2.24, 2.45) is 0 Å². The molecule has 1 aliphatic heterocycles. The number of hydrogen-bond donors (Lipinski definition) is 1. The van der Waals surface area contributed by atoms with Crippen molar-refractivity contribution in [2.45, 2.75) is 39.5 Å². The summed E-state index contributed by atoms with van der Waals surface area (Å²) in [6, 6.07) is 1.68. The largest absolute Gasteiger partial charge is 0.444 e. The quantitative estimate of drug-likeness (QED) is 0.763. The third-order valence-corrected chi connectivity index (χ3v) is 4.00. The molecule has 0 bridgehead atoms. The Kier molecular flexibility index (Phi) is 4.47. The predicted octanol–water partition coefficient (Wildman–Crippen LogP) is 3.62. The second kappa shape index (κ2) is 6.35. The Morgan fingerprint density at radius 3 is 2.62 bits per heavy atom. The van der Waals surface area contributed by atoms with Gasteiger partial charge in [0.2, 0.25) is 0 Å². The van der Waals surface area contributed by atoms with Crippen molar-refractivity contribution < 1.29 is 18.3 Å². The summed E-state index contributed by atoms with van der Waals surface area (Å²) in [5.74, 6) is -1.78. The average Bonchev–Trinajstić information content (AvgIpc) is 2.94. The third kappa shape index (κ3) is 3.55. The first-order chi connectivity index (χ1) is 12.0. The van der Waals surface area contributed by atoms with E-state index < -0.39 is 28.9 Å². The van der Waals surface area contributed by atoms with Crippen molar-refractivity contribution in [3.63, 3.8) is 0 Å². The number of fused-ring (bicyclic) bond motifs is 1. The number of rotatable bonds is 1. The van der Waals surface area contributed by atoms with Crippen LogP contribution >= 0.6 is 11.6 Å². The fourth-order valence-electron chi connectivity index (χ4n) is 2.55. The van der Waals surface area contributed by atoms with E-state index in [1.807, 2.05) is 0 Å². The van der Waals surface area contributed by atoms with Crippen molar-refractivity contribution in [3.8, 4) is 11.4 Å². The van der Waals surface area contributed by atoms with E-state index in [-0.39, 0.29) is 35.1 Å². The SMILES string of the molecule is CC(C)(C)OC(=O)N1Cc2nc(-c3cc(F)c(Cl)cc3F)[nH]c(=O)c2C1. The van der Waals surface area contributed by atoms with Crippen LogP contribution in [0, 0.1) is 11.6 Å². The molecule has 1 N–H and O–H groups in total. The molecule has 0 aliphatic carbocycles. The molecule has 2 aromatic rings. The van der Waals surface area contributed by atoms with Crippen LogP contribution in [0.5, 0.6) is 0 Å². The molecule has 0 saturated heterocycles. The van der Waals surface area contributed by atoms with Gasteiger partial charge in [0.25, 0.3) is 5.56 Å². The minimum absolute atomic E-state index is 0.0321. The number of nitrogens with one attached hydrogen (secondary N) is 1. The van der Waals surface area contributed by atoms with Crippen molar-refractivity contribution >= 4 is 17.7 Å². The maximum absolute atomic E-state index is 14.1. The third-order valence-electron chi connectivity index (χ3n) is 3.71. The first-order valence-corrected chi connectivity index (χ1v) is 8.18. The number of amides is 1. The fraction of sp³-hybridized carbons (Fsp3) is 0.353. The molecular formula is C17H16ClF2N3O3. The lowest BCUT2D eigenvalue weighted by Crippen LogP contribution is -2.33. The Bertz CT molecular complexity index is 953. The summed E-state index contributed by atoms with van der Waals surface area (Å²) < 4.78 is 33.0. The van der Waals surface area contributed by atoms with Gasteiger partial charge in [-0.2, -0.15) is 0 Å². The van der Waals surface area contributed by atoms with Crippen LogP contribution in [-0.2, 0) is 17.8 Å². The summed E-state index contributed by atoms with van der Waals surface area (Å²) in [7, 11) is 0. The van der Waals surface area contributed by atoms with Gasteiger partial charge in [0.05, 0.1) is 34.9 Å². The van der Waals surface area contributed by atoms with Gasteiger partial charge in [-0.05, 0) is 32.9 Å². The van der Waals surface area contributed by atoms with Crippen LogP contribution in [0.3, 0.4) is 0 Å². The highest BCUT2D eigenvalue weighted by atomic mass is 35.5. The summed E-state index contributed by atoms with van der Waals surface area (Å²) in [5.41, 5.74) is -0.826. The van der Waals surface area contributed by atoms with Crippen molar-refractivity contribution in [1.29, 1.82) is 0 Å². The molecule has 0 fully saturated rings. The highest BCUT2D eigenvalue weighted by molar-refractivity contribution is 6.30. The van der Waals surface area contributed by atoms with Crippen molar-refractivity contribution in [2.75, 3.05) is 0 Å². The number of nitrogens with zero attached hydrogens (tertiary/aromatic N) is 2. The van der Waals surface area contributed by atoms with Gasteiger partial charge in [-0.3, -0.25) is 9.69 Å². The van der Waals surface area contributed by atoms with Gasteiger partial charge in [-0.1, -0.05) is 11.6 Å². The van der Waals surface area contributed by atoms with Crippen LogP contribution < -0.4 is 5.56 Å². The van der Waals surface area contributed by atoms with E-state index in [0.29, 0.717) is 5.69 Å². The fourth-order valence-corrected chi connectivity index (χ4v) is 2.70. The van der Waals surface area contributed by atoms with Crippen LogP contribution in [0.15, 0.2) is 16.9 Å². The van der Waals surface area contributed by atoms with Gasteiger partial charge in [-0.15, -0.1) is 0 Å². The van der Waals surface area contributed by atoms with Crippen molar-refractivity contribution in [1.82, 2.24) is 14.9 Å². The molecule has 3 rings (SSSR count). The maximum atomic E-state index is 14.1. The number of H-pyrrole nitrogens is 1. The van der Waals surface area contributed by atoms with Gasteiger partial charge in [0.15, 0.2) is 0 Å². The Hall–Kier alpha value is -2.48. The predicted molar refractivity (Wildman–Crippen MR) is 90.7 cm³/mol. The number of ether oxygens (including phenoxy) is 1. The topological polar surface area (TPSA) is 75.3 Å². The normalized spacial score (nSPS) is 13.7. The lowest BCUT2D eigenvalue weighted by Gasteiger charge is -2.23. The molecule has 1 aliphatic rings. The van der Waals surface area contributed by atoms with E-state index in [1.165, 1.54) is 4.90 Å². The molecule has 0 atom stereocenters.